The summed E-state index contributed by atoms with van der Waals surface area (Å²) in [5.74, 6) is -0.869. The predicted molar refractivity (Wildman–Crippen MR) is 148 cm³/mol. The minimum Gasteiger partial charge on any atom is -0.485 e. The van der Waals surface area contributed by atoms with Crippen molar-refractivity contribution >= 4 is 12.1 Å². The standard InChI is InChI=1S/C31H30N2O8/c34-29(28(30(35)36)32-33(38)31(37)41-21-24-14-8-3-9-15-24)25-16-17-26(39-19-22-10-4-1-5-11-22)27(18-25)40-20-23-12-6-2-7-13-23/h1-18,28-29,32,34,38H,19-21H2,(H,35,36)/t28-,29?/m0/s1. The Balaban J connectivity index is 1.48. The van der Waals surface area contributed by atoms with E-state index in [0.717, 1.165) is 11.1 Å². The number of carbonyl (C=O) groups excluding carboxylic acids is 1. The lowest BCUT2D eigenvalue weighted by Crippen LogP contribution is -2.52. The third-order valence-electron chi connectivity index (χ3n) is 6.00. The Labute approximate surface area is 236 Å². The summed E-state index contributed by atoms with van der Waals surface area (Å²) in [4.78, 5) is 24.2. The summed E-state index contributed by atoms with van der Waals surface area (Å²) < 4.78 is 17.0. The van der Waals surface area contributed by atoms with E-state index in [0.29, 0.717) is 11.3 Å². The molecule has 0 heterocycles. The van der Waals surface area contributed by atoms with Gasteiger partial charge in [0.2, 0.25) is 0 Å². The maximum atomic E-state index is 12.2. The van der Waals surface area contributed by atoms with Crippen LogP contribution in [0.4, 0.5) is 4.79 Å². The normalized spacial score (nSPS) is 12.1. The number of carbonyl (C=O) groups is 2. The highest BCUT2D eigenvalue weighted by Gasteiger charge is 2.32. The lowest BCUT2D eigenvalue weighted by Gasteiger charge is -2.25. The van der Waals surface area contributed by atoms with Gasteiger partial charge in [0.15, 0.2) is 17.5 Å². The fourth-order valence-electron chi connectivity index (χ4n) is 3.83. The highest BCUT2D eigenvalue weighted by Crippen LogP contribution is 2.33. The number of carboxylic acids is 1. The molecule has 4 N–H and O–H groups in total. The van der Waals surface area contributed by atoms with Crippen LogP contribution in [0, 0.1) is 0 Å². The monoisotopic (exact) mass is 558 g/mol. The highest BCUT2D eigenvalue weighted by molar-refractivity contribution is 5.75. The van der Waals surface area contributed by atoms with E-state index in [9.17, 15) is 25.0 Å². The third kappa shape index (κ3) is 8.54. The first-order chi connectivity index (χ1) is 19.9. The number of aliphatic hydroxyl groups is 1. The van der Waals surface area contributed by atoms with Crippen molar-refractivity contribution in [1.82, 2.24) is 10.6 Å². The number of hydrogen-bond acceptors (Lipinski definition) is 8. The first-order valence-electron chi connectivity index (χ1n) is 12.7. The van der Waals surface area contributed by atoms with Gasteiger partial charge < -0.3 is 24.4 Å². The van der Waals surface area contributed by atoms with E-state index in [1.807, 2.05) is 60.7 Å². The van der Waals surface area contributed by atoms with Crippen molar-refractivity contribution in [2.24, 2.45) is 0 Å². The van der Waals surface area contributed by atoms with Gasteiger partial charge in [0, 0.05) is 0 Å². The van der Waals surface area contributed by atoms with Crippen LogP contribution in [0.15, 0.2) is 109 Å². The van der Waals surface area contributed by atoms with Crippen molar-refractivity contribution in [3.05, 3.63) is 131 Å². The molecule has 0 aliphatic heterocycles. The molecule has 1 unspecified atom stereocenters. The fraction of sp³-hybridized carbons (Fsp3) is 0.161. The minimum absolute atomic E-state index is 0.102. The molecule has 0 saturated heterocycles. The molecule has 10 nitrogen and oxygen atoms in total. The van der Waals surface area contributed by atoms with E-state index in [4.69, 9.17) is 14.2 Å². The second-order valence-corrected chi connectivity index (χ2v) is 9.00. The molecule has 4 rings (SSSR count). The Morgan fingerprint density at radius 2 is 1.20 bits per heavy atom. The van der Waals surface area contributed by atoms with Gasteiger partial charge in [-0.1, -0.05) is 97.1 Å². The number of rotatable bonds is 13. The van der Waals surface area contributed by atoms with Crippen LogP contribution < -0.4 is 14.9 Å². The molecular weight excluding hydrogens is 528 g/mol. The maximum absolute atomic E-state index is 12.2. The number of nitrogens with zero attached hydrogens (tertiary/aromatic N) is 1. The van der Waals surface area contributed by atoms with Crippen LogP contribution in [0.2, 0.25) is 0 Å². The SMILES string of the molecule is O=C(O)[C@@H](NN(O)C(=O)OCc1ccccc1)C(O)c1ccc(OCc2ccccc2)c(OCc2ccccc2)c1. The molecule has 0 fully saturated rings. The van der Waals surface area contributed by atoms with E-state index in [1.54, 1.807) is 36.4 Å². The van der Waals surface area contributed by atoms with E-state index >= 15 is 0 Å². The highest BCUT2D eigenvalue weighted by atomic mass is 16.7. The molecule has 2 atom stereocenters. The van der Waals surface area contributed by atoms with Crippen LogP contribution in [0.5, 0.6) is 11.5 Å². The van der Waals surface area contributed by atoms with Crippen LogP contribution in [-0.2, 0) is 29.4 Å². The zero-order valence-corrected chi connectivity index (χ0v) is 22.0. The van der Waals surface area contributed by atoms with E-state index < -0.39 is 24.2 Å². The summed E-state index contributed by atoms with van der Waals surface area (Å²) in [6, 6.07) is 30.4. The number of hydrogen-bond donors (Lipinski definition) is 4. The Hall–Kier alpha value is -4.90. The Morgan fingerprint density at radius 1 is 0.707 bits per heavy atom. The molecule has 0 saturated carbocycles. The number of carboxylic acid groups (broad SMARTS) is 1. The molecule has 1 amide bonds. The van der Waals surface area contributed by atoms with Crippen molar-refractivity contribution in [2.45, 2.75) is 32.0 Å². The Bertz CT molecular complexity index is 1400. The number of aliphatic carboxylic acids is 1. The fourth-order valence-corrected chi connectivity index (χ4v) is 3.83. The van der Waals surface area contributed by atoms with Gasteiger partial charge in [-0.2, -0.15) is 5.43 Å². The lowest BCUT2D eigenvalue weighted by molar-refractivity contribution is -0.160. The van der Waals surface area contributed by atoms with Gasteiger partial charge in [0.1, 0.15) is 25.9 Å². The van der Waals surface area contributed by atoms with Crippen molar-refractivity contribution in [3.63, 3.8) is 0 Å². The molecule has 10 heteroatoms. The Morgan fingerprint density at radius 3 is 1.71 bits per heavy atom. The summed E-state index contributed by atoms with van der Waals surface area (Å²) in [6.45, 7) is 0.305. The summed E-state index contributed by atoms with van der Waals surface area (Å²) in [5.41, 5.74) is 4.72. The third-order valence-corrected chi connectivity index (χ3v) is 6.00. The molecule has 0 bridgehead atoms. The molecule has 0 aliphatic rings. The first kappa shape index (κ1) is 29.1. The van der Waals surface area contributed by atoms with Crippen molar-refractivity contribution in [3.8, 4) is 11.5 Å². The summed E-state index contributed by atoms with van der Waals surface area (Å²) in [6.07, 6.45) is -2.95. The number of amides is 1. The van der Waals surface area contributed by atoms with Gasteiger partial charge in [0.05, 0.1) is 0 Å². The zero-order valence-electron chi connectivity index (χ0n) is 22.0. The summed E-state index contributed by atoms with van der Waals surface area (Å²) >= 11 is 0. The van der Waals surface area contributed by atoms with E-state index in [1.165, 1.54) is 12.1 Å². The van der Waals surface area contributed by atoms with Crippen molar-refractivity contribution < 1.29 is 39.2 Å². The number of hydrazine groups is 1. The van der Waals surface area contributed by atoms with Gasteiger partial charge in [0.25, 0.3) is 0 Å². The molecule has 0 aliphatic carbocycles. The van der Waals surface area contributed by atoms with Crippen LogP contribution in [-0.4, -0.2) is 38.7 Å². The smallest absolute Gasteiger partial charge is 0.449 e. The van der Waals surface area contributed by atoms with Gasteiger partial charge in [-0.3, -0.25) is 10.0 Å². The molecule has 0 radical (unpaired) electrons. The maximum Gasteiger partial charge on any atom is 0.449 e. The molecule has 4 aromatic carbocycles. The second-order valence-electron chi connectivity index (χ2n) is 9.00. The number of nitrogens with one attached hydrogen (secondary N) is 1. The number of ether oxygens (including phenoxy) is 3. The van der Waals surface area contributed by atoms with Gasteiger partial charge in [-0.05, 0) is 34.4 Å². The molecule has 0 aromatic heterocycles. The quantitative estimate of drug-likeness (QED) is 0.134. The van der Waals surface area contributed by atoms with Crippen LogP contribution >= 0.6 is 0 Å². The van der Waals surface area contributed by atoms with Crippen LogP contribution in [0.3, 0.4) is 0 Å². The Kier molecular flexibility index (Phi) is 10.3. The van der Waals surface area contributed by atoms with Gasteiger partial charge in [-0.15, -0.1) is 5.17 Å². The predicted octanol–water partition coefficient (Wildman–Crippen LogP) is 4.86. The molecule has 212 valence electrons. The van der Waals surface area contributed by atoms with Gasteiger partial charge in [-0.25, -0.2) is 4.79 Å². The largest absolute Gasteiger partial charge is 0.485 e. The first-order valence-corrected chi connectivity index (χ1v) is 12.7. The van der Waals surface area contributed by atoms with Crippen LogP contribution in [0.1, 0.15) is 28.4 Å². The average molecular weight is 559 g/mol. The number of aliphatic hydroxyl groups excluding tert-OH is 1. The van der Waals surface area contributed by atoms with Crippen molar-refractivity contribution in [2.75, 3.05) is 0 Å². The zero-order chi connectivity index (χ0) is 29.0. The van der Waals surface area contributed by atoms with Gasteiger partial charge >= 0.3 is 12.1 Å². The molecule has 4 aromatic rings. The number of benzene rings is 4. The minimum atomic E-state index is -1.82. The second kappa shape index (κ2) is 14.5. The van der Waals surface area contributed by atoms with E-state index in [-0.39, 0.29) is 36.3 Å². The number of hydroxylamine groups is 1. The lowest BCUT2D eigenvalue weighted by atomic mass is 10.0. The average Bonchev–Trinajstić information content (AvgIpc) is 3.01. The van der Waals surface area contributed by atoms with Crippen LogP contribution in [0.25, 0.3) is 0 Å². The summed E-state index contributed by atoms with van der Waals surface area (Å²) in [7, 11) is 0. The topological polar surface area (TPSA) is 138 Å². The van der Waals surface area contributed by atoms with Crippen molar-refractivity contribution in [1.29, 1.82) is 0 Å². The molecule has 0 spiro atoms. The molecule has 41 heavy (non-hydrogen) atoms. The van der Waals surface area contributed by atoms with E-state index in [2.05, 4.69) is 5.43 Å². The summed E-state index contributed by atoms with van der Waals surface area (Å²) in [5, 5.41) is 30.8. The molecular formula is C31H30N2O8.